The van der Waals surface area contributed by atoms with Crippen LogP contribution in [0.15, 0.2) is 12.1 Å². The predicted molar refractivity (Wildman–Crippen MR) is 47.8 cm³/mol. The summed E-state index contributed by atoms with van der Waals surface area (Å²) < 4.78 is 38.0. The second-order valence-corrected chi connectivity index (χ2v) is 2.90. The average Bonchev–Trinajstić information content (AvgIpc) is 2.21. The maximum Gasteiger partial charge on any atom is 0.251 e. The third-order valence-corrected chi connectivity index (χ3v) is 1.67. The fraction of sp³-hybridized carbons (Fsp3) is 0.111. The third kappa shape index (κ3) is 2.72. The van der Waals surface area contributed by atoms with Crippen molar-refractivity contribution < 1.29 is 22.8 Å². The Balaban J connectivity index is 2.88. The lowest BCUT2D eigenvalue weighted by Gasteiger charge is -2.03. The highest BCUT2D eigenvalue weighted by molar-refractivity contribution is 5.96. The summed E-state index contributed by atoms with van der Waals surface area (Å²) in [5.41, 5.74) is 4.31. The van der Waals surface area contributed by atoms with E-state index in [4.69, 9.17) is 5.73 Å². The van der Waals surface area contributed by atoms with Gasteiger partial charge in [-0.3, -0.25) is 9.59 Å². The molecule has 0 radical (unpaired) electrons. The number of hydrogen-bond acceptors (Lipinski definition) is 2. The molecule has 1 aromatic rings. The number of carbonyl (C=O) groups is 2. The average molecular weight is 232 g/mol. The summed E-state index contributed by atoms with van der Waals surface area (Å²) in [6, 6.07) is 1.05. The number of amides is 2. The maximum absolute atomic E-state index is 12.7. The summed E-state index contributed by atoms with van der Waals surface area (Å²) in [5.74, 6) is -6.35. The molecule has 0 atom stereocenters. The second kappa shape index (κ2) is 4.65. The van der Waals surface area contributed by atoms with Gasteiger partial charge in [-0.25, -0.2) is 13.2 Å². The molecule has 1 aromatic carbocycles. The van der Waals surface area contributed by atoms with Crippen LogP contribution < -0.4 is 11.1 Å². The number of rotatable bonds is 3. The molecule has 0 aliphatic heterocycles. The molecule has 4 nitrogen and oxygen atoms in total. The Morgan fingerprint density at radius 3 is 2.12 bits per heavy atom. The van der Waals surface area contributed by atoms with Crippen molar-refractivity contribution in [3.05, 3.63) is 35.1 Å². The summed E-state index contributed by atoms with van der Waals surface area (Å²) in [7, 11) is 0. The van der Waals surface area contributed by atoms with Crippen molar-refractivity contribution >= 4 is 11.8 Å². The van der Waals surface area contributed by atoms with Gasteiger partial charge >= 0.3 is 0 Å². The van der Waals surface area contributed by atoms with E-state index in [9.17, 15) is 22.8 Å². The van der Waals surface area contributed by atoms with Gasteiger partial charge in [-0.15, -0.1) is 0 Å². The Labute approximate surface area is 88.2 Å². The fourth-order valence-corrected chi connectivity index (χ4v) is 0.956. The first-order valence-electron chi connectivity index (χ1n) is 4.13. The van der Waals surface area contributed by atoms with E-state index in [1.165, 1.54) is 0 Å². The van der Waals surface area contributed by atoms with Crippen LogP contribution in [0.25, 0.3) is 0 Å². The lowest BCUT2D eigenvalue weighted by atomic mass is 10.2. The first kappa shape index (κ1) is 12.0. The molecule has 2 amide bonds. The van der Waals surface area contributed by atoms with Crippen LogP contribution in [-0.2, 0) is 4.79 Å². The molecule has 0 heterocycles. The van der Waals surface area contributed by atoms with E-state index in [0.29, 0.717) is 12.1 Å². The van der Waals surface area contributed by atoms with Crippen LogP contribution in [-0.4, -0.2) is 18.4 Å². The van der Waals surface area contributed by atoms with E-state index >= 15 is 0 Å². The number of halogens is 3. The quantitative estimate of drug-likeness (QED) is 0.736. The molecule has 16 heavy (non-hydrogen) atoms. The van der Waals surface area contributed by atoms with Gasteiger partial charge in [0.1, 0.15) is 0 Å². The molecule has 0 saturated heterocycles. The van der Waals surface area contributed by atoms with E-state index in [2.05, 4.69) is 0 Å². The molecule has 0 aromatic heterocycles. The van der Waals surface area contributed by atoms with E-state index in [1.54, 1.807) is 0 Å². The monoisotopic (exact) mass is 232 g/mol. The zero-order valence-corrected chi connectivity index (χ0v) is 7.89. The predicted octanol–water partition coefficient (Wildman–Crippen LogP) is 0.319. The fourth-order valence-electron chi connectivity index (χ4n) is 0.956. The normalized spacial score (nSPS) is 9.94. The van der Waals surface area contributed by atoms with E-state index < -0.39 is 41.4 Å². The van der Waals surface area contributed by atoms with Crippen molar-refractivity contribution in [2.75, 3.05) is 6.54 Å². The first-order chi connectivity index (χ1) is 7.41. The van der Waals surface area contributed by atoms with Crippen molar-refractivity contribution in [3.63, 3.8) is 0 Å². The van der Waals surface area contributed by atoms with E-state index in [-0.39, 0.29) is 0 Å². The molecular formula is C9H7F3N2O2. The van der Waals surface area contributed by atoms with Gasteiger partial charge in [0, 0.05) is 5.56 Å². The molecule has 0 fully saturated rings. The Morgan fingerprint density at radius 1 is 1.19 bits per heavy atom. The van der Waals surface area contributed by atoms with Crippen molar-refractivity contribution in [1.82, 2.24) is 5.32 Å². The topological polar surface area (TPSA) is 72.2 Å². The Bertz CT molecular complexity index is 425. The number of primary amides is 1. The number of nitrogens with one attached hydrogen (secondary N) is 1. The molecule has 1 rings (SSSR count). The standard InChI is InChI=1S/C9H7F3N2O2/c10-5-1-4(2-6(11)8(5)12)9(16)14-3-7(13)15/h1-2H,3H2,(H2,13,15)(H,14,16). The number of nitrogens with two attached hydrogens (primary N) is 1. The van der Waals surface area contributed by atoms with Crippen LogP contribution >= 0.6 is 0 Å². The molecule has 0 bridgehead atoms. The maximum atomic E-state index is 12.7. The lowest BCUT2D eigenvalue weighted by Crippen LogP contribution is -2.33. The molecule has 0 spiro atoms. The highest BCUT2D eigenvalue weighted by atomic mass is 19.2. The van der Waals surface area contributed by atoms with Gasteiger partial charge in [-0.2, -0.15) is 0 Å². The molecule has 0 aliphatic carbocycles. The highest BCUT2D eigenvalue weighted by Gasteiger charge is 2.14. The molecule has 0 unspecified atom stereocenters. The van der Waals surface area contributed by atoms with Crippen LogP contribution in [0.5, 0.6) is 0 Å². The minimum absolute atomic E-state index is 0.433. The molecular weight excluding hydrogens is 225 g/mol. The van der Waals surface area contributed by atoms with E-state index in [0.717, 1.165) is 0 Å². The van der Waals surface area contributed by atoms with Crippen LogP contribution in [0.4, 0.5) is 13.2 Å². The SMILES string of the molecule is NC(=O)CNC(=O)c1cc(F)c(F)c(F)c1. The van der Waals surface area contributed by atoms with E-state index in [1.807, 2.05) is 5.32 Å². The Morgan fingerprint density at radius 2 is 1.69 bits per heavy atom. The molecule has 7 heteroatoms. The molecule has 0 aliphatic rings. The van der Waals surface area contributed by atoms with Gasteiger partial charge in [0.2, 0.25) is 5.91 Å². The van der Waals surface area contributed by atoms with Crippen LogP contribution in [0.2, 0.25) is 0 Å². The van der Waals surface area contributed by atoms with Crippen LogP contribution in [0, 0.1) is 17.5 Å². The van der Waals surface area contributed by atoms with Gasteiger partial charge in [0.25, 0.3) is 5.91 Å². The summed E-state index contributed by atoms with van der Waals surface area (Å²) in [6.07, 6.45) is 0. The highest BCUT2D eigenvalue weighted by Crippen LogP contribution is 2.13. The molecule has 0 saturated carbocycles. The number of carbonyl (C=O) groups excluding carboxylic acids is 2. The van der Waals surface area contributed by atoms with Gasteiger partial charge in [-0.1, -0.05) is 0 Å². The number of hydrogen-bond donors (Lipinski definition) is 2. The van der Waals surface area contributed by atoms with Crippen LogP contribution in [0.3, 0.4) is 0 Å². The minimum atomic E-state index is -1.66. The zero-order valence-electron chi connectivity index (χ0n) is 7.89. The summed E-state index contributed by atoms with van der Waals surface area (Å²) in [5, 5.41) is 2.00. The zero-order chi connectivity index (χ0) is 12.3. The second-order valence-electron chi connectivity index (χ2n) is 2.90. The van der Waals surface area contributed by atoms with Crippen molar-refractivity contribution in [1.29, 1.82) is 0 Å². The molecule has 3 N–H and O–H groups in total. The van der Waals surface area contributed by atoms with Gasteiger partial charge in [-0.05, 0) is 12.1 Å². The smallest absolute Gasteiger partial charge is 0.251 e. The van der Waals surface area contributed by atoms with Gasteiger partial charge in [0.05, 0.1) is 6.54 Å². The number of benzene rings is 1. The van der Waals surface area contributed by atoms with Gasteiger partial charge in [0.15, 0.2) is 17.5 Å². The summed E-state index contributed by atoms with van der Waals surface area (Å²) >= 11 is 0. The Hall–Kier alpha value is -2.05. The van der Waals surface area contributed by atoms with Crippen molar-refractivity contribution in [2.24, 2.45) is 5.73 Å². The first-order valence-corrected chi connectivity index (χ1v) is 4.13. The Kier molecular flexibility index (Phi) is 3.49. The van der Waals surface area contributed by atoms with Crippen LogP contribution in [0.1, 0.15) is 10.4 Å². The third-order valence-electron chi connectivity index (χ3n) is 1.67. The summed E-state index contributed by atoms with van der Waals surface area (Å²) in [4.78, 5) is 21.5. The van der Waals surface area contributed by atoms with Crippen molar-refractivity contribution in [3.8, 4) is 0 Å². The molecule has 86 valence electrons. The minimum Gasteiger partial charge on any atom is -0.368 e. The van der Waals surface area contributed by atoms with Gasteiger partial charge < -0.3 is 11.1 Å². The van der Waals surface area contributed by atoms with Crippen molar-refractivity contribution in [2.45, 2.75) is 0 Å². The largest absolute Gasteiger partial charge is 0.368 e. The lowest BCUT2D eigenvalue weighted by molar-refractivity contribution is -0.117. The summed E-state index contributed by atoms with van der Waals surface area (Å²) in [6.45, 7) is -0.473.